The minimum absolute atomic E-state index is 0.342. The van der Waals surface area contributed by atoms with Crippen LogP contribution in [0.15, 0.2) is 12.1 Å². The molecule has 0 saturated heterocycles. The largest absolute Gasteiger partial charge is 0.479 e. The molecule has 0 spiro atoms. The molecule has 1 atom stereocenters. The van der Waals surface area contributed by atoms with E-state index in [-0.39, 0.29) is 6.54 Å². The Morgan fingerprint density at radius 1 is 1.21 bits per heavy atom. The van der Waals surface area contributed by atoms with Gasteiger partial charge in [0.25, 0.3) is 0 Å². The summed E-state index contributed by atoms with van der Waals surface area (Å²) in [6.45, 7) is 5.38. The van der Waals surface area contributed by atoms with Crippen molar-refractivity contribution in [1.29, 1.82) is 0 Å². The number of aliphatic hydroxyl groups excluding tert-OH is 1. The molecule has 19 heavy (non-hydrogen) atoms. The van der Waals surface area contributed by atoms with Gasteiger partial charge in [-0.25, -0.2) is 9.59 Å². The topological polar surface area (TPSA) is 98.7 Å². The van der Waals surface area contributed by atoms with Crippen LogP contribution in [-0.4, -0.2) is 34.9 Å². The zero-order chi connectivity index (χ0) is 14.6. The third-order valence-electron chi connectivity index (χ3n) is 2.66. The number of aliphatic carboxylic acids is 1. The highest BCUT2D eigenvalue weighted by molar-refractivity contribution is 5.91. The van der Waals surface area contributed by atoms with E-state index in [9.17, 15) is 9.59 Å². The fraction of sp³-hybridized carbons (Fsp3) is 0.385. The Morgan fingerprint density at radius 2 is 1.74 bits per heavy atom. The SMILES string of the molecule is Cc1cc(C)c(NC(=O)NC[C@H](O)C(=O)O)c(C)c1. The maximum atomic E-state index is 11.6. The third kappa shape index (κ3) is 4.26. The van der Waals surface area contributed by atoms with E-state index in [0.717, 1.165) is 16.7 Å². The first kappa shape index (κ1) is 15.0. The van der Waals surface area contributed by atoms with Gasteiger partial charge < -0.3 is 20.8 Å². The smallest absolute Gasteiger partial charge is 0.334 e. The first-order valence-electron chi connectivity index (χ1n) is 5.85. The lowest BCUT2D eigenvalue weighted by Gasteiger charge is -2.14. The van der Waals surface area contributed by atoms with E-state index in [1.807, 2.05) is 32.9 Å². The van der Waals surface area contributed by atoms with Crippen molar-refractivity contribution in [2.45, 2.75) is 26.9 Å². The molecule has 1 aromatic carbocycles. The van der Waals surface area contributed by atoms with Crippen LogP contribution in [0.4, 0.5) is 10.5 Å². The number of benzene rings is 1. The van der Waals surface area contributed by atoms with Crippen LogP contribution in [0.1, 0.15) is 16.7 Å². The van der Waals surface area contributed by atoms with E-state index in [1.165, 1.54) is 0 Å². The molecular formula is C13H18N2O4. The zero-order valence-electron chi connectivity index (χ0n) is 11.2. The number of urea groups is 1. The van der Waals surface area contributed by atoms with E-state index in [2.05, 4.69) is 10.6 Å². The Bertz CT molecular complexity index is 476. The first-order valence-corrected chi connectivity index (χ1v) is 5.85. The van der Waals surface area contributed by atoms with Gasteiger partial charge in [-0.15, -0.1) is 0 Å². The van der Waals surface area contributed by atoms with Crippen LogP contribution in [0.2, 0.25) is 0 Å². The number of carbonyl (C=O) groups excluding carboxylic acids is 1. The predicted molar refractivity (Wildman–Crippen MR) is 71.3 cm³/mol. The van der Waals surface area contributed by atoms with Crippen molar-refractivity contribution in [3.05, 3.63) is 28.8 Å². The van der Waals surface area contributed by atoms with Crippen molar-refractivity contribution >= 4 is 17.7 Å². The number of amides is 2. The molecule has 4 N–H and O–H groups in total. The molecule has 0 aliphatic carbocycles. The molecule has 1 aromatic rings. The molecule has 0 heterocycles. The van der Waals surface area contributed by atoms with Crippen LogP contribution in [0.25, 0.3) is 0 Å². The quantitative estimate of drug-likeness (QED) is 0.657. The number of carbonyl (C=O) groups is 2. The van der Waals surface area contributed by atoms with E-state index >= 15 is 0 Å². The number of nitrogens with one attached hydrogen (secondary N) is 2. The second-order valence-electron chi connectivity index (χ2n) is 4.46. The lowest BCUT2D eigenvalue weighted by molar-refractivity contribution is -0.146. The normalized spacial score (nSPS) is 11.8. The van der Waals surface area contributed by atoms with E-state index in [4.69, 9.17) is 10.2 Å². The lowest BCUT2D eigenvalue weighted by atomic mass is 10.1. The van der Waals surface area contributed by atoms with Crippen LogP contribution in [0.3, 0.4) is 0 Å². The molecule has 104 valence electrons. The molecule has 1 rings (SSSR count). The fourth-order valence-electron chi connectivity index (χ4n) is 1.81. The van der Waals surface area contributed by atoms with Gasteiger partial charge in [-0.05, 0) is 31.9 Å². The molecule has 0 aliphatic rings. The minimum Gasteiger partial charge on any atom is -0.479 e. The number of rotatable bonds is 4. The van der Waals surface area contributed by atoms with Gasteiger partial charge in [-0.1, -0.05) is 17.7 Å². The van der Waals surface area contributed by atoms with Gasteiger partial charge in [0.1, 0.15) is 0 Å². The van der Waals surface area contributed by atoms with Gasteiger partial charge in [0.05, 0.1) is 6.54 Å². The summed E-state index contributed by atoms with van der Waals surface area (Å²) in [6, 6.07) is 3.33. The molecule has 0 saturated carbocycles. The molecule has 2 amide bonds. The van der Waals surface area contributed by atoms with Crippen LogP contribution in [-0.2, 0) is 4.79 Å². The lowest BCUT2D eigenvalue weighted by Crippen LogP contribution is -2.38. The van der Waals surface area contributed by atoms with E-state index in [0.29, 0.717) is 5.69 Å². The molecular weight excluding hydrogens is 248 g/mol. The van der Waals surface area contributed by atoms with Gasteiger partial charge in [0, 0.05) is 5.69 Å². The molecule has 6 heteroatoms. The number of aliphatic hydroxyl groups is 1. The Balaban J connectivity index is 2.65. The van der Waals surface area contributed by atoms with Crippen LogP contribution < -0.4 is 10.6 Å². The molecule has 0 aromatic heterocycles. The highest BCUT2D eigenvalue weighted by Gasteiger charge is 2.14. The summed E-state index contributed by atoms with van der Waals surface area (Å²) >= 11 is 0. The number of anilines is 1. The average molecular weight is 266 g/mol. The minimum atomic E-state index is -1.61. The predicted octanol–water partition coefficient (Wildman–Crippen LogP) is 1.18. The number of carboxylic acid groups (broad SMARTS) is 1. The highest BCUT2D eigenvalue weighted by atomic mass is 16.4. The Hall–Kier alpha value is -2.08. The summed E-state index contributed by atoms with van der Waals surface area (Å²) < 4.78 is 0. The molecule has 0 radical (unpaired) electrons. The van der Waals surface area contributed by atoms with E-state index in [1.54, 1.807) is 0 Å². The van der Waals surface area contributed by atoms with Crippen LogP contribution in [0, 0.1) is 20.8 Å². The maximum Gasteiger partial charge on any atom is 0.334 e. The Labute approximate surface area is 111 Å². The van der Waals surface area contributed by atoms with Crippen molar-refractivity contribution in [1.82, 2.24) is 5.32 Å². The number of hydrogen-bond donors (Lipinski definition) is 4. The van der Waals surface area contributed by atoms with Crippen molar-refractivity contribution in [2.24, 2.45) is 0 Å². The Morgan fingerprint density at radius 3 is 2.21 bits per heavy atom. The zero-order valence-corrected chi connectivity index (χ0v) is 11.2. The third-order valence-corrected chi connectivity index (χ3v) is 2.66. The van der Waals surface area contributed by atoms with Crippen LogP contribution in [0.5, 0.6) is 0 Å². The summed E-state index contributed by atoms with van der Waals surface area (Å²) in [5.74, 6) is -1.37. The number of aryl methyl sites for hydroxylation is 3. The van der Waals surface area contributed by atoms with Crippen molar-refractivity contribution < 1.29 is 19.8 Å². The summed E-state index contributed by atoms with van der Waals surface area (Å²) in [7, 11) is 0. The summed E-state index contributed by atoms with van der Waals surface area (Å²) in [5.41, 5.74) is 3.63. The first-order chi connectivity index (χ1) is 8.81. The van der Waals surface area contributed by atoms with Gasteiger partial charge in [-0.2, -0.15) is 0 Å². The Kier molecular flexibility index (Phi) is 4.88. The van der Waals surface area contributed by atoms with Crippen molar-refractivity contribution in [2.75, 3.05) is 11.9 Å². The summed E-state index contributed by atoms with van der Waals surface area (Å²) in [5, 5.41) is 22.5. The van der Waals surface area contributed by atoms with Gasteiger partial charge >= 0.3 is 12.0 Å². The molecule has 0 unspecified atom stereocenters. The fourth-order valence-corrected chi connectivity index (χ4v) is 1.81. The van der Waals surface area contributed by atoms with E-state index < -0.39 is 18.1 Å². The van der Waals surface area contributed by atoms with Gasteiger partial charge in [-0.3, -0.25) is 0 Å². The monoisotopic (exact) mass is 266 g/mol. The molecule has 6 nitrogen and oxygen atoms in total. The van der Waals surface area contributed by atoms with Gasteiger partial charge in [0.2, 0.25) is 0 Å². The second-order valence-corrected chi connectivity index (χ2v) is 4.46. The summed E-state index contributed by atoms with van der Waals surface area (Å²) in [6.07, 6.45) is -1.61. The van der Waals surface area contributed by atoms with Gasteiger partial charge in [0.15, 0.2) is 6.10 Å². The average Bonchev–Trinajstić information content (AvgIpc) is 2.30. The number of hydrogen-bond acceptors (Lipinski definition) is 3. The van der Waals surface area contributed by atoms with Crippen LogP contribution >= 0.6 is 0 Å². The second kappa shape index (κ2) is 6.19. The molecule has 0 fully saturated rings. The number of carboxylic acids is 1. The molecule has 0 aliphatic heterocycles. The molecule has 0 bridgehead atoms. The standard InChI is InChI=1S/C13H18N2O4/c1-7-4-8(2)11(9(3)5-7)15-13(19)14-6-10(16)12(17)18/h4-5,10,16H,6H2,1-3H3,(H,17,18)(H2,14,15,19)/t10-/m0/s1. The maximum absolute atomic E-state index is 11.6. The summed E-state index contributed by atoms with van der Waals surface area (Å²) in [4.78, 5) is 22.0. The van der Waals surface area contributed by atoms with Crippen molar-refractivity contribution in [3.8, 4) is 0 Å². The highest BCUT2D eigenvalue weighted by Crippen LogP contribution is 2.21. The van der Waals surface area contributed by atoms with Crippen molar-refractivity contribution in [3.63, 3.8) is 0 Å².